The summed E-state index contributed by atoms with van der Waals surface area (Å²) in [6.45, 7) is 2.05. The Bertz CT molecular complexity index is 903. The Morgan fingerprint density at radius 2 is 1.96 bits per heavy atom. The van der Waals surface area contributed by atoms with E-state index in [9.17, 15) is 13.6 Å². The summed E-state index contributed by atoms with van der Waals surface area (Å²) in [7, 11) is 0. The van der Waals surface area contributed by atoms with Crippen LogP contribution in [0.4, 0.5) is 8.78 Å². The summed E-state index contributed by atoms with van der Waals surface area (Å²) < 4.78 is 28.6. The highest BCUT2D eigenvalue weighted by atomic mass is 19.2. The fourth-order valence-corrected chi connectivity index (χ4v) is 2.56. The van der Waals surface area contributed by atoms with Crippen molar-refractivity contribution in [3.05, 3.63) is 53.6 Å². The van der Waals surface area contributed by atoms with Gasteiger partial charge in [-0.15, -0.1) is 0 Å². The Labute approximate surface area is 131 Å². The lowest BCUT2D eigenvalue weighted by Crippen LogP contribution is -2.06. The molecule has 0 atom stereocenters. The summed E-state index contributed by atoms with van der Waals surface area (Å²) in [5.74, 6) is -2.43. The van der Waals surface area contributed by atoms with Gasteiger partial charge in [0, 0.05) is 24.2 Å². The summed E-state index contributed by atoms with van der Waals surface area (Å²) in [6, 6.07) is 9.59. The van der Waals surface area contributed by atoms with Gasteiger partial charge < -0.3 is 9.67 Å². The predicted molar refractivity (Wildman–Crippen MR) is 82.1 cm³/mol. The average molecular weight is 316 g/mol. The van der Waals surface area contributed by atoms with Gasteiger partial charge >= 0.3 is 5.97 Å². The molecular weight excluding hydrogens is 302 g/mol. The Kier molecular flexibility index (Phi) is 3.82. The monoisotopic (exact) mass is 316 g/mol. The lowest BCUT2D eigenvalue weighted by Gasteiger charge is -2.08. The molecule has 0 aliphatic rings. The maximum Gasteiger partial charge on any atom is 0.305 e. The molecule has 0 amide bonds. The molecule has 23 heavy (non-hydrogen) atoms. The summed E-state index contributed by atoms with van der Waals surface area (Å²) in [6.07, 6.45) is -0.136. The van der Waals surface area contributed by atoms with Crippen molar-refractivity contribution in [2.45, 2.75) is 19.9 Å². The summed E-state index contributed by atoms with van der Waals surface area (Å²) in [5, 5.41) is 8.92. The first kappa shape index (κ1) is 15.1. The molecule has 4 nitrogen and oxygen atoms in total. The minimum Gasteiger partial charge on any atom is -0.481 e. The molecule has 6 heteroatoms. The van der Waals surface area contributed by atoms with Gasteiger partial charge in [0.1, 0.15) is 5.82 Å². The SMILES string of the molecule is Cc1cccc(-c2nc3cc(F)c(F)cc3n2CCC(=O)O)c1. The molecule has 0 saturated carbocycles. The molecule has 118 valence electrons. The van der Waals surface area contributed by atoms with Crippen LogP contribution >= 0.6 is 0 Å². The standard InChI is InChI=1S/C17H14F2N2O2/c1-10-3-2-4-11(7-10)17-20-14-8-12(18)13(19)9-15(14)21(17)6-5-16(22)23/h2-4,7-9H,5-6H2,1H3,(H,22,23). The highest BCUT2D eigenvalue weighted by Crippen LogP contribution is 2.27. The van der Waals surface area contributed by atoms with Crippen molar-refractivity contribution in [3.63, 3.8) is 0 Å². The fraction of sp³-hybridized carbons (Fsp3) is 0.176. The molecular formula is C17H14F2N2O2. The molecule has 0 saturated heterocycles. The van der Waals surface area contributed by atoms with E-state index in [-0.39, 0.29) is 13.0 Å². The van der Waals surface area contributed by atoms with Crippen LogP contribution in [-0.4, -0.2) is 20.6 Å². The number of aryl methyl sites for hydroxylation is 2. The molecule has 1 heterocycles. The van der Waals surface area contributed by atoms with Gasteiger partial charge in [-0.2, -0.15) is 0 Å². The number of hydrogen-bond donors (Lipinski definition) is 1. The van der Waals surface area contributed by atoms with E-state index < -0.39 is 17.6 Å². The second-order valence-electron chi connectivity index (χ2n) is 5.36. The summed E-state index contributed by atoms with van der Waals surface area (Å²) in [4.78, 5) is 15.3. The van der Waals surface area contributed by atoms with Crippen molar-refractivity contribution in [1.82, 2.24) is 9.55 Å². The lowest BCUT2D eigenvalue weighted by atomic mass is 10.1. The Morgan fingerprint density at radius 1 is 1.22 bits per heavy atom. The van der Waals surface area contributed by atoms with Gasteiger partial charge in [-0.3, -0.25) is 4.79 Å². The number of carbonyl (C=O) groups is 1. The zero-order chi connectivity index (χ0) is 16.6. The summed E-state index contributed by atoms with van der Waals surface area (Å²) in [5.41, 5.74) is 2.46. The molecule has 3 aromatic rings. The molecule has 0 bridgehead atoms. The van der Waals surface area contributed by atoms with Gasteiger partial charge in [-0.25, -0.2) is 13.8 Å². The van der Waals surface area contributed by atoms with Crippen molar-refractivity contribution in [2.75, 3.05) is 0 Å². The smallest absolute Gasteiger partial charge is 0.305 e. The first-order chi connectivity index (χ1) is 11.0. The molecule has 1 N–H and O–H groups in total. The van der Waals surface area contributed by atoms with Gasteiger partial charge in [-0.1, -0.05) is 23.8 Å². The number of fused-ring (bicyclic) bond motifs is 1. The molecule has 0 fully saturated rings. The van der Waals surface area contributed by atoms with Gasteiger partial charge in [0.25, 0.3) is 0 Å². The first-order valence-electron chi connectivity index (χ1n) is 7.10. The molecule has 2 aromatic carbocycles. The number of imidazole rings is 1. The predicted octanol–water partition coefficient (Wildman–Crippen LogP) is 3.76. The number of nitrogens with zero attached hydrogens (tertiary/aromatic N) is 2. The normalized spacial score (nSPS) is 11.1. The third kappa shape index (κ3) is 2.92. The van der Waals surface area contributed by atoms with Gasteiger partial charge in [-0.05, 0) is 13.0 Å². The number of benzene rings is 2. The maximum atomic E-state index is 13.6. The van der Waals surface area contributed by atoms with Crippen LogP contribution in [0.15, 0.2) is 36.4 Å². The molecule has 0 aliphatic carbocycles. The van der Waals surface area contributed by atoms with Crippen molar-refractivity contribution >= 4 is 17.0 Å². The molecule has 3 rings (SSSR count). The van der Waals surface area contributed by atoms with Crippen LogP contribution < -0.4 is 0 Å². The molecule has 0 spiro atoms. The second kappa shape index (κ2) is 5.79. The lowest BCUT2D eigenvalue weighted by molar-refractivity contribution is -0.137. The van der Waals surface area contributed by atoms with Gasteiger partial charge in [0.2, 0.25) is 0 Å². The minimum atomic E-state index is -0.982. The van der Waals surface area contributed by atoms with Crippen LogP contribution in [0.25, 0.3) is 22.4 Å². The second-order valence-corrected chi connectivity index (χ2v) is 5.36. The quantitative estimate of drug-likeness (QED) is 0.797. The molecule has 0 unspecified atom stereocenters. The molecule has 0 radical (unpaired) electrons. The van der Waals surface area contributed by atoms with Crippen LogP contribution in [-0.2, 0) is 11.3 Å². The minimum absolute atomic E-state index is 0.125. The largest absolute Gasteiger partial charge is 0.481 e. The van der Waals surface area contributed by atoms with Crippen LogP contribution in [0.1, 0.15) is 12.0 Å². The number of aromatic nitrogens is 2. The van der Waals surface area contributed by atoms with Crippen LogP contribution in [0.5, 0.6) is 0 Å². The molecule has 1 aromatic heterocycles. The van der Waals surface area contributed by atoms with E-state index in [0.29, 0.717) is 16.9 Å². The van der Waals surface area contributed by atoms with E-state index >= 15 is 0 Å². The van der Waals surface area contributed by atoms with Crippen molar-refractivity contribution in [2.24, 2.45) is 0 Å². The Hall–Kier alpha value is -2.76. The van der Waals surface area contributed by atoms with E-state index in [1.165, 1.54) is 0 Å². The fourth-order valence-electron chi connectivity index (χ4n) is 2.56. The van der Waals surface area contributed by atoms with E-state index in [0.717, 1.165) is 23.3 Å². The zero-order valence-electron chi connectivity index (χ0n) is 12.4. The number of carboxylic acids is 1. The van der Waals surface area contributed by atoms with E-state index in [4.69, 9.17) is 5.11 Å². The van der Waals surface area contributed by atoms with Gasteiger partial charge in [0.05, 0.1) is 17.5 Å². The van der Waals surface area contributed by atoms with Crippen molar-refractivity contribution < 1.29 is 18.7 Å². The van der Waals surface area contributed by atoms with Crippen LogP contribution in [0.3, 0.4) is 0 Å². The third-order valence-corrected chi connectivity index (χ3v) is 3.62. The highest BCUT2D eigenvalue weighted by molar-refractivity contribution is 5.81. The molecule has 0 aliphatic heterocycles. The van der Waals surface area contributed by atoms with Crippen molar-refractivity contribution in [1.29, 1.82) is 0 Å². The van der Waals surface area contributed by atoms with E-state index in [2.05, 4.69) is 4.98 Å². The average Bonchev–Trinajstić information content (AvgIpc) is 2.83. The van der Waals surface area contributed by atoms with E-state index in [1.54, 1.807) is 4.57 Å². The van der Waals surface area contributed by atoms with Crippen LogP contribution in [0.2, 0.25) is 0 Å². The van der Waals surface area contributed by atoms with Crippen molar-refractivity contribution in [3.8, 4) is 11.4 Å². The number of carboxylic acid groups (broad SMARTS) is 1. The first-order valence-corrected chi connectivity index (χ1v) is 7.10. The Balaban J connectivity index is 2.22. The number of rotatable bonds is 4. The topological polar surface area (TPSA) is 55.1 Å². The summed E-state index contributed by atoms with van der Waals surface area (Å²) >= 11 is 0. The third-order valence-electron chi connectivity index (χ3n) is 3.62. The number of aliphatic carboxylic acids is 1. The highest BCUT2D eigenvalue weighted by Gasteiger charge is 2.16. The Morgan fingerprint density at radius 3 is 2.65 bits per heavy atom. The van der Waals surface area contributed by atoms with E-state index in [1.807, 2.05) is 31.2 Å². The number of hydrogen-bond acceptors (Lipinski definition) is 2. The maximum absolute atomic E-state index is 13.6. The zero-order valence-corrected chi connectivity index (χ0v) is 12.4. The van der Waals surface area contributed by atoms with Gasteiger partial charge in [0.15, 0.2) is 11.6 Å². The number of halogens is 2. The van der Waals surface area contributed by atoms with Crippen LogP contribution in [0, 0.1) is 18.6 Å².